The summed E-state index contributed by atoms with van der Waals surface area (Å²) in [5, 5.41) is 11.0. The minimum Gasteiger partial charge on any atom is -0.465 e. The van der Waals surface area contributed by atoms with Crippen molar-refractivity contribution in [1.29, 1.82) is 0 Å². The second kappa shape index (κ2) is 8.02. The number of hydrogen-bond donors (Lipinski definition) is 1. The van der Waals surface area contributed by atoms with E-state index in [9.17, 15) is 9.90 Å². The number of benzene rings is 3. The molecule has 3 nitrogen and oxygen atoms in total. The van der Waals surface area contributed by atoms with Gasteiger partial charge in [-0.15, -0.1) is 0 Å². The lowest BCUT2D eigenvalue weighted by Crippen LogP contribution is -2.22. The van der Waals surface area contributed by atoms with Crippen molar-refractivity contribution in [1.82, 2.24) is 0 Å². The first-order valence-corrected chi connectivity index (χ1v) is 8.75. The number of methoxy groups -OCH3 is 1. The fourth-order valence-electron chi connectivity index (χ4n) is 2.89. The molecule has 0 aliphatic rings. The van der Waals surface area contributed by atoms with Crippen molar-refractivity contribution in [3.63, 3.8) is 0 Å². The monoisotopic (exact) mass is 358 g/mol. The Bertz CT molecular complexity index is 922. The lowest BCUT2D eigenvalue weighted by atomic mass is 9.87. The maximum Gasteiger partial charge on any atom is 0.337 e. The average Bonchev–Trinajstić information content (AvgIpc) is 2.73. The van der Waals surface area contributed by atoms with Gasteiger partial charge in [-0.2, -0.15) is 0 Å². The van der Waals surface area contributed by atoms with Gasteiger partial charge in [0.2, 0.25) is 0 Å². The van der Waals surface area contributed by atoms with Crippen LogP contribution in [0.3, 0.4) is 0 Å². The van der Waals surface area contributed by atoms with E-state index in [1.54, 1.807) is 31.2 Å². The van der Waals surface area contributed by atoms with E-state index in [4.69, 9.17) is 4.74 Å². The van der Waals surface area contributed by atoms with E-state index in [1.807, 2.05) is 60.7 Å². The number of ether oxygens (including phenoxy) is 1. The number of aliphatic hydroxyl groups is 1. The number of hydrogen-bond acceptors (Lipinski definition) is 3. The van der Waals surface area contributed by atoms with Crippen LogP contribution in [0.1, 0.15) is 39.5 Å². The van der Waals surface area contributed by atoms with Gasteiger partial charge >= 0.3 is 5.97 Å². The van der Waals surface area contributed by atoms with Crippen LogP contribution in [0.25, 0.3) is 12.2 Å². The Morgan fingerprint density at radius 3 is 1.81 bits per heavy atom. The number of carbonyl (C=O) groups is 1. The summed E-state index contributed by atoms with van der Waals surface area (Å²) in [5.74, 6) is -0.393. The maximum atomic E-state index is 11.6. The van der Waals surface area contributed by atoms with Gasteiger partial charge in [0.25, 0.3) is 0 Å². The topological polar surface area (TPSA) is 46.5 Å². The van der Waals surface area contributed by atoms with Crippen LogP contribution >= 0.6 is 0 Å². The van der Waals surface area contributed by atoms with E-state index < -0.39 is 11.6 Å². The Balaban J connectivity index is 1.78. The largest absolute Gasteiger partial charge is 0.465 e. The van der Waals surface area contributed by atoms with E-state index in [-0.39, 0.29) is 0 Å². The highest BCUT2D eigenvalue weighted by molar-refractivity contribution is 5.89. The molecule has 3 heteroatoms. The molecule has 1 unspecified atom stereocenters. The lowest BCUT2D eigenvalue weighted by molar-refractivity contribution is 0.0600. The second-order valence-electron chi connectivity index (χ2n) is 6.51. The molecule has 0 saturated carbocycles. The molecule has 1 N–H and O–H groups in total. The van der Waals surface area contributed by atoms with Crippen LogP contribution in [0.2, 0.25) is 0 Å². The fraction of sp³-hybridized carbons (Fsp3) is 0.125. The summed E-state index contributed by atoms with van der Waals surface area (Å²) in [6.07, 6.45) is 4.09. The molecule has 3 aromatic rings. The first-order valence-electron chi connectivity index (χ1n) is 8.75. The molecule has 136 valence electrons. The molecule has 0 aliphatic carbocycles. The van der Waals surface area contributed by atoms with E-state index in [2.05, 4.69) is 6.08 Å². The predicted molar refractivity (Wildman–Crippen MR) is 108 cm³/mol. The van der Waals surface area contributed by atoms with E-state index in [1.165, 1.54) is 7.11 Å². The van der Waals surface area contributed by atoms with Gasteiger partial charge in [-0.25, -0.2) is 4.79 Å². The first-order chi connectivity index (χ1) is 13.0. The molecular formula is C24H22O3. The van der Waals surface area contributed by atoms with Crippen molar-refractivity contribution < 1.29 is 14.6 Å². The molecule has 0 bridgehead atoms. The van der Waals surface area contributed by atoms with Crippen molar-refractivity contribution >= 4 is 18.1 Å². The first kappa shape index (κ1) is 18.6. The molecular weight excluding hydrogens is 336 g/mol. The predicted octanol–water partition coefficient (Wildman–Crippen LogP) is 4.90. The molecule has 0 spiro atoms. The molecule has 3 aromatic carbocycles. The Kier molecular flexibility index (Phi) is 5.53. The molecule has 0 radical (unpaired) electrons. The second-order valence-corrected chi connectivity index (χ2v) is 6.51. The van der Waals surface area contributed by atoms with Crippen molar-refractivity contribution in [3.8, 4) is 0 Å². The highest BCUT2D eigenvalue weighted by Crippen LogP contribution is 2.29. The van der Waals surface area contributed by atoms with Gasteiger partial charge in [-0.3, -0.25) is 0 Å². The fourth-order valence-corrected chi connectivity index (χ4v) is 2.89. The zero-order valence-corrected chi connectivity index (χ0v) is 15.4. The summed E-state index contributed by atoms with van der Waals surface area (Å²) >= 11 is 0. The van der Waals surface area contributed by atoms with Crippen LogP contribution in [-0.4, -0.2) is 18.2 Å². The van der Waals surface area contributed by atoms with Crippen molar-refractivity contribution in [2.45, 2.75) is 12.5 Å². The summed E-state index contributed by atoms with van der Waals surface area (Å²) in [5.41, 5.74) is 2.99. The third-order valence-corrected chi connectivity index (χ3v) is 4.61. The van der Waals surface area contributed by atoms with Crippen LogP contribution in [0, 0.1) is 0 Å². The summed E-state index contributed by atoms with van der Waals surface area (Å²) in [4.78, 5) is 11.6. The van der Waals surface area contributed by atoms with E-state index in [0.29, 0.717) is 11.1 Å². The van der Waals surface area contributed by atoms with Crippen LogP contribution in [0.15, 0.2) is 78.9 Å². The smallest absolute Gasteiger partial charge is 0.337 e. The molecule has 3 rings (SSSR count). The summed E-state index contributed by atoms with van der Waals surface area (Å²) in [7, 11) is 1.35. The third-order valence-electron chi connectivity index (χ3n) is 4.61. The van der Waals surface area contributed by atoms with Gasteiger partial charge in [0.15, 0.2) is 0 Å². The quantitative estimate of drug-likeness (QED) is 0.521. The number of esters is 1. The minimum absolute atomic E-state index is 0.393. The molecule has 0 fully saturated rings. The molecule has 0 heterocycles. The highest BCUT2D eigenvalue weighted by atomic mass is 16.5. The Labute approximate surface area is 159 Å². The SMILES string of the molecule is COC(=O)c1ccc(C(C)(O)c2ccc(/C=C/c3ccccc3)cc2)cc1. The van der Waals surface area contributed by atoms with Crippen LogP contribution in [0.5, 0.6) is 0 Å². The van der Waals surface area contributed by atoms with Crippen molar-refractivity contribution in [2.24, 2.45) is 0 Å². The highest BCUT2D eigenvalue weighted by Gasteiger charge is 2.25. The lowest BCUT2D eigenvalue weighted by Gasteiger charge is -2.25. The third kappa shape index (κ3) is 4.33. The molecule has 0 aliphatic heterocycles. The number of rotatable bonds is 5. The molecule has 0 amide bonds. The van der Waals surface area contributed by atoms with Gasteiger partial charge in [0, 0.05) is 0 Å². The molecule has 1 atom stereocenters. The Morgan fingerprint density at radius 1 is 0.815 bits per heavy atom. The summed E-state index contributed by atoms with van der Waals surface area (Å²) in [6.45, 7) is 1.75. The Morgan fingerprint density at radius 2 is 1.30 bits per heavy atom. The van der Waals surface area contributed by atoms with Gasteiger partial charge in [-0.1, -0.05) is 78.9 Å². The van der Waals surface area contributed by atoms with Gasteiger partial charge in [0.05, 0.1) is 12.7 Å². The van der Waals surface area contributed by atoms with Crippen LogP contribution in [0.4, 0.5) is 0 Å². The van der Waals surface area contributed by atoms with E-state index in [0.717, 1.165) is 16.7 Å². The maximum absolute atomic E-state index is 11.6. The average molecular weight is 358 g/mol. The van der Waals surface area contributed by atoms with Crippen molar-refractivity contribution in [3.05, 3.63) is 107 Å². The minimum atomic E-state index is -1.16. The standard InChI is InChI=1S/C24H22O3/c1-24(26,22-16-12-20(13-17-22)23(25)27-2)21-14-10-19(11-15-21)9-8-18-6-4-3-5-7-18/h3-17,26H,1-2H3/b9-8+. The van der Waals surface area contributed by atoms with E-state index >= 15 is 0 Å². The normalized spacial score (nSPS) is 13.3. The van der Waals surface area contributed by atoms with Gasteiger partial charge in [0.1, 0.15) is 5.60 Å². The zero-order valence-electron chi connectivity index (χ0n) is 15.4. The summed E-state index contributed by atoms with van der Waals surface area (Å²) < 4.78 is 4.71. The van der Waals surface area contributed by atoms with Crippen LogP contribution < -0.4 is 0 Å². The van der Waals surface area contributed by atoms with Gasteiger partial charge in [-0.05, 0) is 41.3 Å². The number of carbonyl (C=O) groups excluding carboxylic acids is 1. The van der Waals surface area contributed by atoms with Crippen LogP contribution in [-0.2, 0) is 10.3 Å². The molecule has 27 heavy (non-hydrogen) atoms. The summed E-state index contributed by atoms with van der Waals surface area (Å²) in [6, 6.07) is 24.7. The Hall–Kier alpha value is -3.17. The van der Waals surface area contributed by atoms with Crippen molar-refractivity contribution in [2.75, 3.05) is 7.11 Å². The molecule has 0 saturated heterocycles. The zero-order chi connectivity index (χ0) is 19.3. The molecule has 0 aromatic heterocycles. The van der Waals surface area contributed by atoms with Gasteiger partial charge < -0.3 is 9.84 Å².